The second-order valence-electron chi connectivity index (χ2n) is 5.56. The van der Waals surface area contributed by atoms with Crippen LogP contribution in [0.15, 0.2) is 67.0 Å². The van der Waals surface area contributed by atoms with Gasteiger partial charge in [-0.3, -0.25) is 9.78 Å². The highest BCUT2D eigenvalue weighted by Gasteiger charge is 2.08. The average Bonchev–Trinajstić information content (AvgIpc) is 2.88. The predicted octanol–water partition coefficient (Wildman–Crippen LogP) is 4.14. The van der Waals surface area contributed by atoms with E-state index in [0.29, 0.717) is 5.69 Å². The molecule has 1 N–H and O–H groups in total. The Bertz CT molecular complexity index is 865. The molecule has 1 amide bonds. The van der Waals surface area contributed by atoms with Crippen molar-refractivity contribution < 1.29 is 4.79 Å². The van der Waals surface area contributed by atoms with Crippen LogP contribution in [-0.4, -0.2) is 15.5 Å². The number of carbonyl (C=O) groups is 1. The Balaban J connectivity index is 1.80. The van der Waals surface area contributed by atoms with Gasteiger partial charge in [0.05, 0.1) is 11.9 Å². The van der Waals surface area contributed by atoms with Crippen LogP contribution in [0.1, 0.15) is 17.0 Å². The average molecular weight is 317 g/mol. The topological polar surface area (TPSA) is 46.9 Å². The Morgan fingerprint density at radius 3 is 2.62 bits per heavy atom. The lowest BCUT2D eigenvalue weighted by atomic mass is 10.2. The highest BCUT2D eigenvalue weighted by Crippen LogP contribution is 2.21. The molecular formula is C20H19N3O. The van der Waals surface area contributed by atoms with Crippen LogP contribution in [0.4, 0.5) is 5.69 Å². The van der Waals surface area contributed by atoms with E-state index >= 15 is 0 Å². The Morgan fingerprint density at radius 2 is 1.92 bits per heavy atom. The SMILES string of the molecule is Cc1cc(C=CC(=O)Nc2cccnc2)c(C)n1-c1ccccc1. The first kappa shape index (κ1) is 15.7. The minimum absolute atomic E-state index is 0.174. The van der Waals surface area contributed by atoms with Gasteiger partial charge in [0.15, 0.2) is 0 Å². The Hall–Kier alpha value is -3.14. The van der Waals surface area contributed by atoms with Crippen molar-refractivity contribution in [2.45, 2.75) is 13.8 Å². The number of benzene rings is 1. The van der Waals surface area contributed by atoms with Gasteiger partial charge in [-0.05, 0) is 55.8 Å². The van der Waals surface area contributed by atoms with Gasteiger partial charge in [-0.1, -0.05) is 18.2 Å². The molecule has 0 fully saturated rings. The predicted molar refractivity (Wildman–Crippen MR) is 97.1 cm³/mol. The molecule has 3 rings (SSSR count). The number of nitrogens with one attached hydrogen (secondary N) is 1. The second kappa shape index (κ2) is 6.96. The largest absolute Gasteiger partial charge is 0.321 e. The third-order valence-corrected chi connectivity index (χ3v) is 3.83. The van der Waals surface area contributed by atoms with Crippen LogP contribution in [0.25, 0.3) is 11.8 Å². The van der Waals surface area contributed by atoms with E-state index in [9.17, 15) is 4.79 Å². The summed E-state index contributed by atoms with van der Waals surface area (Å²) in [6.45, 7) is 4.12. The summed E-state index contributed by atoms with van der Waals surface area (Å²) in [5, 5.41) is 2.79. The fourth-order valence-electron chi connectivity index (χ4n) is 2.72. The summed E-state index contributed by atoms with van der Waals surface area (Å²) in [6.07, 6.45) is 6.68. The Kier molecular flexibility index (Phi) is 4.57. The molecule has 0 aliphatic carbocycles. The summed E-state index contributed by atoms with van der Waals surface area (Å²) in [7, 11) is 0. The van der Waals surface area contributed by atoms with Crippen molar-refractivity contribution in [1.29, 1.82) is 0 Å². The van der Waals surface area contributed by atoms with Gasteiger partial charge in [0.2, 0.25) is 5.91 Å². The third kappa shape index (κ3) is 3.43. The molecule has 3 aromatic rings. The van der Waals surface area contributed by atoms with Gasteiger partial charge in [-0.2, -0.15) is 0 Å². The van der Waals surface area contributed by atoms with Gasteiger partial charge in [-0.15, -0.1) is 0 Å². The number of carbonyl (C=O) groups excluding carboxylic acids is 1. The standard InChI is InChI=1S/C20H19N3O/c1-15-13-17(16(2)23(15)19-8-4-3-5-9-19)10-11-20(24)22-18-7-6-12-21-14-18/h3-14H,1-2H3,(H,22,24). The lowest BCUT2D eigenvalue weighted by Gasteiger charge is -2.09. The summed E-state index contributed by atoms with van der Waals surface area (Å²) in [5.41, 5.74) is 5.06. The van der Waals surface area contributed by atoms with Crippen molar-refractivity contribution in [2.75, 3.05) is 5.32 Å². The molecule has 4 heteroatoms. The molecular weight excluding hydrogens is 298 g/mol. The third-order valence-electron chi connectivity index (χ3n) is 3.83. The van der Waals surface area contributed by atoms with E-state index in [2.05, 4.69) is 46.9 Å². The summed E-state index contributed by atoms with van der Waals surface area (Å²) >= 11 is 0. The van der Waals surface area contributed by atoms with E-state index < -0.39 is 0 Å². The first-order valence-corrected chi connectivity index (χ1v) is 7.78. The summed E-state index contributed by atoms with van der Waals surface area (Å²) in [4.78, 5) is 16.0. The van der Waals surface area contributed by atoms with Gasteiger partial charge >= 0.3 is 0 Å². The molecule has 0 bridgehead atoms. The van der Waals surface area contributed by atoms with E-state index in [1.54, 1.807) is 30.6 Å². The number of aryl methyl sites for hydroxylation is 1. The van der Waals surface area contributed by atoms with Crippen molar-refractivity contribution in [3.8, 4) is 5.69 Å². The molecule has 120 valence electrons. The normalized spacial score (nSPS) is 10.9. The molecule has 0 atom stereocenters. The maximum atomic E-state index is 12.0. The maximum absolute atomic E-state index is 12.0. The lowest BCUT2D eigenvalue weighted by molar-refractivity contribution is -0.111. The smallest absolute Gasteiger partial charge is 0.248 e. The van der Waals surface area contributed by atoms with E-state index in [-0.39, 0.29) is 5.91 Å². The number of nitrogens with zero attached hydrogens (tertiary/aromatic N) is 2. The van der Waals surface area contributed by atoms with Crippen LogP contribution in [0, 0.1) is 13.8 Å². The Morgan fingerprint density at radius 1 is 1.12 bits per heavy atom. The monoisotopic (exact) mass is 317 g/mol. The molecule has 0 saturated carbocycles. The van der Waals surface area contributed by atoms with Gasteiger partial charge in [0, 0.05) is 29.3 Å². The minimum Gasteiger partial charge on any atom is -0.321 e. The van der Waals surface area contributed by atoms with Crippen LogP contribution < -0.4 is 5.32 Å². The number of para-hydroxylation sites is 1. The molecule has 0 saturated heterocycles. The van der Waals surface area contributed by atoms with Crippen LogP contribution in [0.3, 0.4) is 0 Å². The number of hydrogen-bond donors (Lipinski definition) is 1. The first-order valence-electron chi connectivity index (χ1n) is 7.78. The minimum atomic E-state index is -0.174. The first-order chi connectivity index (χ1) is 11.6. The van der Waals surface area contributed by atoms with Crippen molar-refractivity contribution in [1.82, 2.24) is 9.55 Å². The number of hydrogen-bond acceptors (Lipinski definition) is 2. The zero-order valence-corrected chi connectivity index (χ0v) is 13.7. The van der Waals surface area contributed by atoms with Crippen molar-refractivity contribution in [3.63, 3.8) is 0 Å². The molecule has 0 aliphatic heterocycles. The summed E-state index contributed by atoms with van der Waals surface area (Å²) < 4.78 is 2.18. The molecule has 0 unspecified atom stereocenters. The quantitative estimate of drug-likeness (QED) is 0.735. The lowest BCUT2D eigenvalue weighted by Crippen LogP contribution is -2.07. The highest BCUT2D eigenvalue weighted by atomic mass is 16.1. The molecule has 0 aliphatic rings. The zero-order chi connectivity index (χ0) is 16.9. The number of pyridine rings is 1. The van der Waals surface area contributed by atoms with Crippen molar-refractivity contribution in [2.24, 2.45) is 0 Å². The second-order valence-corrected chi connectivity index (χ2v) is 5.56. The van der Waals surface area contributed by atoms with Gasteiger partial charge in [0.1, 0.15) is 0 Å². The number of amides is 1. The van der Waals surface area contributed by atoms with Crippen LogP contribution in [-0.2, 0) is 4.79 Å². The molecule has 0 spiro atoms. The van der Waals surface area contributed by atoms with E-state index in [0.717, 1.165) is 22.6 Å². The number of anilines is 1. The van der Waals surface area contributed by atoms with Gasteiger partial charge in [-0.25, -0.2) is 0 Å². The fraction of sp³-hybridized carbons (Fsp3) is 0.100. The van der Waals surface area contributed by atoms with Crippen LogP contribution in [0.2, 0.25) is 0 Å². The number of aromatic nitrogens is 2. The molecule has 2 aromatic heterocycles. The van der Waals surface area contributed by atoms with E-state index in [1.165, 1.54) is 0 Å². The molecule has 0 radical (unpaired) electrons. The fourth-order valence-corrected chi connectivity index (χ4v) is 2.72. The molecule has 2 heterocycles. The highest BCUT2D eigenvalue weighted by molar-refractivity contribution is 6.01. The van der Waals surface area contributed by atoms with Gasteiger partial charge < -0.3 is 9.88 Å². The molecule has 24 heavy (non-hydrogen) atoms. The van der Waals surface area contributed by atoms with Crippen molar-refractivity contribution in [3.05, 3.63) is 84.0 Å². The zero-order valence-electron chi connectivity index (χ0n) is 13.7. The molecule has 4 nitrogen and oxygen atoms in total. The maximum Gasteiger partial charge on any atom is 0.248 e. The van der Waals surface area contributed by atoms with Gasteiger partial charge in [0.25, 0.3) is 0 Å². The summed E-state index contributed by atoms with van der Waals surface area (Å²) in [5.74, 6) is -0.174. The summed E-state index contributed by atoms with van der Waals surface area (Å²) in [6, 6.07) is 15.9. The van der Waals surface area contributed by atoms with Crippen LogP contribution in [0.5, 0.6) is 0 Å². The van der Waals surface area contributed by atoms with E-state index in [4.69, 9.17) is 0 Å². The number of rotatable bonds is 4. The van der Waals surface area contributed by atoms with Crippen LogP contribution >= 0.6 is 0 Å². The Labute approximate surface area is 141 Å². The van der Waals surface area contributed by atoms with E-state index in [1.807, 2.05) is 24.3 Å². The molecule has 1 aromatic carbocycles. The van der Waals surface area contributed by atoms with Crippen molar-refractivity contribution >= 4 is 17.7 Å².